The Bertz CT molecular complexity index is 1040. The highest BCUT2D eigenvalue weighted by Crippen LogP contribution is 2.25. The second-order valence-corrected chi connectivity index (χ2v) is 6.82. The molecule has 0 fully saturated rings. The van der Waals surface area contributed by atoms with Crippen LogP contribution < -0.4 is 5.32 Å². The van der Waals surface area contributed by atoms with Gasteiger partial charge in [0.1, 0.15) is 12.1 Å². The molecular weight excluding hydrogens is 349 g/mol. The van der Waals surface area contributed by atoms with Gasteiger partial charge in [-0.05, 0) is 47.9 Å². The van der Waals surface area contributed by atoms with Gasteiger partial charge in [-0.25, -0.2) is 14.4 Å². The number of hydrogen-bond acceptors (Lipinski definition) is 4. The molecule has 4 nitrogen and oxygen atoms in total. The molecule has 2 aromatic carbocycles. The molecule has 1 N–H and O–H groups in total. The van der Waals surface area contributed by atoms with Crippen molar-refractivity contribution in [1.82, 2.24) is 15.3 Å². The topological polar surface area (TPSA) is 54.9 Å². The molecule has 6 heteroatoms. The van der Waals surface area contributed by atoms with Gasteiger partial charge in [0.05, 0.1) is 22.8 Å². The minimum atomic E-state index is -0.293. The summed E-state index contributed by atoms with van der Waals surface area (Å²) in [5, 5.41) is 3.94. The van der Waals surface area contributed by atoms with E-state index in [-0.39, 0.29) is 11.7 Å². The van der Waals surface area contributed by atoms with Gasteiger partial charge in [-0.1, -0.05) is 18.2 Å². The lowest BCUT2D eigenvalue weighted by molar-refractivity contribution is 0.0954. The molecule has 2 heterocycles. The highest BCUT2D eigenvalue weighted by atomic mass is 32.1. The van der Waals surface area contributed by atoms with Crippen LogP contribution in [0.5, 0.6) is 0 Å². The van der Waals surface area contributed by atoms with E-state index in [1.807, 2.05) is 30.3 Å². The third-order valence-corrected chi connectivity index (χ3v) is 5.06. The summed E-state index contributed by atoms with van der Waals surface area (Å²) < 4.78 is 14.1. The summed E-state index contributed by atoms with van der Waals surface area (Å²) in [5.74, 6) is -0.424. The molecule has 1 amide bonds. The number of carbonyl (C=O) groups is 1. The predicted molar refractivity (Wildman–Crippen MR) is 100 cm³/mol. The lowest BCUT2D eigenvalue weighted by Crippen LogP contribution is -2.22. The summed E-state index contributed by atoms with van der Waals surface area (Å²) in [6.45, 7) is 0.295. The molecule has 0 atom stereocenters. The van der Waals surface area contributed by atoms with Crippen molar-refractivity contribution in [2.75, 3.05) is 0 Å². The zero-order chi connectivity index (χ0) is 17.9. The van der Waals surface area contributed by atoms with Gasteiger partial charge in [-0.3, -0.25) is 4.79 Å². The molecule has 26 heavy (non-hydrogen) atoms. The molecule has 0 aliphatic carbocycles. The molecule has 2 aromatic heterocycles. The highest BCUT2D eigenvalue weighted by molar-refractivity contribution is 7.20. The molecular formula is C20H14FN3OS. The van der Waals surface area contributed by atoms with Gasteiger partial charge in [0.2, 0.25) is 0 Å². The zero-order valence-electron chi connectivity index (χ0n) is 13.6. The first-order valence-electron chi connectivity index (χ1n) is 8.03. The van der Waals surface area contributed by atoms with Crippen molar-refractivity contribution in [2.45, 2.75) is 6.54 Å². The van der Waals surface area contributed by atoms with Crippen molar-refractivity contribution in [3.63, 3.8) is 0 Å². The summed E-state index contributed by atoms with van der Waals surface area (Å²) in [6.07, 6.45) is 1.44. The van der Waals surface area contributed by atoms with Crippen LogP contribution in [0.3, 0.4) is 0 Å². The highest BCUT2D eigenvalue weighted by Gasteiger charge is 2.10. The minimum absolute atomic E-state index is 0.131. The number of hydrogen-bond donors (Lipinski definition) is 1. The van der Waals surface area contributed by atoms with E-state index in [1.165, 1.54) is 29.8 Å². The average molecular weight is 363 g/mol. The molecule has 0 saturated heterocycles. The lowest BCUT2D eigenvalue weighted by Gasteiger charge is -2.05. The first-order chi connectivity index (χ1) is 12.7. The second kappa shape index (κ2) is 7.01. The zero-order valence-corrected chi connectivity index (χ0v) is 14.5. The quantitative estimate of drug-likeness (QED) is 0.584. The number of amides is 1. The number of aromatic nitrogens is 2. The number of nitrogens with one attached hydrogen (secondary N) is 1. The van der Waals surface area contributed by atoms with Gasteiger partial charge in [-0.15, -0.1) is 11.3 Å². The van der Waals surface area contributed by atoms with Crippen molar-refractivity contribution in [2.24, 2.45) is 0 Å². The molecule has 0 radical (unpaired) electrons. The standard InChI is InChI=1S/C20H14FN3OS/c21-15-7-5-13(6-8-15)17-10-16(23-12-24-17)11-22-20(25)19-9-14-3-1-2-4-18(14)26-19/h1-10,12H,11H2,(H,22,25). The minimum Gasteiger partial charge on any atom is -0.346 e. The van der Waals surface area contributed by atoms with Crippen molar-refractivity contribution in [1.29, 1.82) is 0 Å². The summed E-state index contributed by atoms with van der Waals surface area (Å²) in [6, 6.07) is 17.7. The van der Waals surface area contributed by atoms with Gasteiger partial charge >= 0.3 is 0 Å². The van der Waals surface area contributed by atoms with Crippen LogP contribution in [0.4, 0.5) is 4.39 Å². The Hall–Kier alpha value is -3.12. The number of nitrogens with zero attached hydrogens (tertiary/aromatic N) is 2. The van der Waals surface area contributed by atoms with Crippen LogP contribution in [0.15, 0.2) is 67.0 Å². The van der Waals surface area contributed by atoms with Gasteiger partial charge in [0.15, 0.2) is 0 Å². The smallest absolute Gasteiger partial charge is 0.261 e. The Balaban J connectivity index is 1.48. The molecule has 128 valence electrons. The summed E-state index contributed by atoms with van der Waals surface area (Å²) in [7, 11) is 0. The van der Waals surface area contributed by atoms with E-state index in [1.54, 1.807) is 18.2 Å². The van der Waals surface area contributed by atoms with Gasteiger partial charge in [0, 0.05) is 10.3 Å². The van der Waals surface area contributed by atoms with Crippen LogP contribution in [0.1, 0.15) is 15.4 Å². The van der Waals surface area contributed by atoms with E-state index in [0.29, 0.717) is 22.8 Å². The number of halogens is 1. The molecule has 0 unspecified atom stereocenters. The first kappa shape index (κ1) is 16.4. The molecule has 0 aliphatic heterocycles. The van der Waals surface area contributed by atoms with E-state index in [0.717, 1.165) is 15.6 Å². The summed E-state index contributed by atoms with van der Waals surface area (Å²) in [5.41, 5.74) is 2.17. The van der Waals surface area contributed by atoms with E-state index in [4.69, 9.17) is 0 Å². The third-order valence-electron chi connectivity index (χ3n) is 3.94. The van der Waals surface area contributed by atoms with Gasteiger partial charge < -0.3 is 5.32 Å². The third kappa shape index (κ3) is 3.45. The molecule has 0 spiro atoms. The first-order valence-corrected chi connectivity index (χ1v) is 8.84. The number of carbonyl (C=O) groups excluding carboxylic acids is 1. The van der Waals surface area contributed by atoms with Crippen LogP contribution >= 0.6 is 11.3 Å². The fraction of sp³-hybridized carbons (Fsp3) is 0.0500. The fourth-order valence-electron chi connectivity index (χ4n) is 2.62. The molecule has 0 aliphatic rings. The molecule has 4 aromatic rings. The van der Waals surface area contributed by atoms with Crippen LogP contribution in [-0.4, -0.2) is 15.9 Å². The van der Waals surface area contributed by atoms with E-state index >= 15 is 0 Å². The van der Waals surface area contributed by atoms with E-state index in [9.17, 15) is 9.18 Å². The Morgan fingerprint density at radius 3 is 2.65 bits per heavy atom. The van der Waals surface area contributed by atoms with E-state index in [2.05, 4.69) is 15.3 Å². The van der Waals surface area contributed by atoms with Crippen LogP contribution in [0.2, 0.25) is 0 Å². The van der Waals surface area contributed by atoms with Crippen molar-refractivity contribution in [3.05, 3.63) is 83.4 Å². The monoisotopic (exact) mass is 363 g/mol. The Morgan fingerprint density at radius 1 is 1.04 bits per heavy atom. The van der Waals surface area contributed by atoms with Crippen LogP contribution in [0.25, 0.3) is 21.3 Å². The SMILES string of the molecule is O=C(NCc1cc(-c2ccc(F)cc2)ncn1)c1cc2ccccc2s1. The number of rotatable bonds is 4. The molecule has 0 saturated carbocycles. The number of fused-ring (bicyclic) bond motifs is 1. The van der Waals surface area contributed by atoms with Crippen LogP contribution in [0, 0.1) is 5.82 Å². The maximum Gasteiger partial charge on any atom is 0.261 e. The molecule has 4 rings (SSSR count). The van der Waals surface area contributed by atoms with E-state index < -0.39 is 0 Å². The fourth-order valence-corrected chi connectivity index (χ4v) is 3.60. The number of benzene rings is 2. The molecule has 0 bridgehead atoms. The van der Waals surface area contributed by atoms with Crippen molar-refractivity contribution >= 4 is 27.3 Å². The van der Waals surface area contributed by atoms with Crippen molar-refractivity contribution in [3.8, 4) is 11.3 Å². The average Bonchev–Trinajstić information content (AvgIpc) is 3.11. The maximum absolute atomic E-state index is 13.1. The summed E-state index contributed by atoms with van der Waals surface area (Å²) >= 11 is 1.46. The summed E-state index contributed by atoms with van der Waals surface area (Å²) in [4.78, 5) is 21.5. The van der Waals surface area contributed by atoms with Crippen molar-refractivity contribution < 1.29 is 9.18 Å². The Morgan fingerprint density at radius 2 is 1.85 bits per heavy atom. The lowest BCUT2D eigenvalue weighted by atomic mass is 10.1. The predicted octanol–water partition coefficient (Wildman–Crippen LogP) is 4.43. The normalized spacial score (nSPS) is 10.8. The number of thiophene rings is 1. The Kier molecular flexibility index (Phi) is 4.41. The maximum atomic E-state index is 13.1. The van der Waals surface area contributed by atoms with Gasteiger partial charge in [0.25, 0.3) is 5.91 Å². The largest absolute Gasteiger partial charge is 0.346 e. The Labute approximate surface area is 153 Å². The van der Waals surface area contributed by atoms with Crippen LogP contribution in [-0.2, 0) is 6.54 Å². The second-order valence-electron chi connectivity index (χ2n) is 5.73. The van der Waals surface area contributed by atoms with Gasteiger partial charge in [-0.2, -0.15) is 0 Å².